The fraction of sp³-hybridized carbons (Fsp3) is 0.500. The number of carbonyl (C=O) groups is 2. The number of carbonyl (C=O) groups excluding carboxylic acids is 2. The summed E-state index contributed by atoms with van der Waals surface area (Å²) in [6.45, 7) is 2.17. The van der Waals surface area contributed by atoms with Gasteiger partial charge in [0.15, 0.2) is 0 Å². The Bertz CT molecular complexity index is 525. The predicted molar refractivity (Wildman–Crippen MR) is 81.9 cm³/mol. The smallest absolute Gasteiger partial charge is 0.409 e. The summed E-state index contributed by atoms with van der Waals surface area (Å²) in [5, 5.41) is 0. The SMILES string of the molecule is COC(=O)N1CCN(C(=O)CCc2cccc(OC)c2)CC1. The molecule has 6 heteroatoms. The van der Waals surface area contributed by atoms with E-state index in [4.69, 9.17) is 4.74 Å². The van der Waals surface area contributed by atoms with E-state index in [-0.39, 0.29) is 12.0 Å². The first-order valence-electron chi connectivity index (χ1n) is 7.37. The molecule has 0 N–H and O–H groups in total. The zero-order chi connectivity index (χ0) is 15.9. The topological polar surface area (TPSA) is 59.1 Å². The van der Waals surface area contributed by atoms with Crippen LogP contribution in [0.25, 0.3) is 0 Å². The van der Waals surface area contributed by atoms with Gasteiger partial charge >= 0.3 is 6.09 Å². The van der Waals surface area contributed by atoms with Crippen molar-refractivity contribution in [2.45, 2.75) is 12.8 Å². The van der Waals surface area contributed by atoms with Crippen molar-refractivity contribution in [1.29, 1.82) is 0 Å². The van der Waals surface area contributed by atoms with Crippen molar-refractivity contribution in [2.75, 3.05) is 40.4 Å². The van der Waals surface area contributed by atoms with Gasteiger partial charge in [-0.1, -0.05) is 12.1 Å². The zero-order valence-electron chi connectivity index (χ0n) is 13.1. The second-order valence-corrected chi connectivity index (χ2v) is 5.19. The van der Waals surface area contributed by atoms with Crippen LogP contribution in [0, 0.1) is 0 Å². The van der Waals surface area contributed by atoms with E-state index < -0.39 is 0 Å². The molecule has 1 aliphatic heterocycles. The number of aryl methyl sites for hydroxylation is 1. The van der Waals surface area contributed by atoms with Gasteiger partial charge in [-0.15, -0.1) is 0 Å². The highest BCUT2D eigenvalue weighted by atomic mass is 16.5. The van der Waals surface area contributed by atoms with Crippen LogP contribution in [-0.2, 0) is 16.0 Å². The molecule has 1 fully saturated rings. The van der Waals surface area contributed by atoms with Gasteiger partial charge in [-0.25, -0.2) is 4.79 Å². The van der Waals surface area contributed by atoms with Gasteiger partial charge in [0.1, 0.15) is 5.75 Å². The first-order chi connectivity index (χ1) is 10.6. The number of benzene rings is 1. The molecule has 1 aromatic carbocycles. The lowest BCUT2D eigenvalue weighted by molar-refractivity contribution is -0.132. The molecule has 1 aromatic rings. The lowest BCUT2D eigenvalue weighted by Gasteiger charge is -2.33. The van der Waals surface area contributed by atoms with E-state index in [1.165, 1.54) is 7.11 Å². The maximum Gasteiger partial charge on any atom is 0.409 e. The summed E-state index contributed by atoms with van der Waals surface area (Å²) in [7, 11) is 3.00. The van der Waals surface area contributed by atoms with Crippen molar-refractivity contribution in [3.8, 4) is 5.75 Å². The third-order valence-corrected chi connectivity index (χ3v) is 3.83. The second-order valence-electron chi connectivity index (χ2n) is 5.19. The molecule has 1 heterocycles. The largest absolute Gasteiger partial charge is 0.497 e. The van der Waals surface area contributed by atoms with Crippen LogP contribution in [0.4, 0.5) is 4.79 Å². The number of ether oxygens (including phenoxy) is 2. The van der Waals surface area contributed by atoms with Crippen LogP contribution in [-0.4, -0.2) is 62.2 Å². The van der Waals surface area contributed by atoms with Crippen molar-refractivity contribution >= 4 is 12.0 Å². The normalized spacial score (nSPS) is 14.6. The molecule has 1 aliphatic rings. The molecule has 1 saturated heterocycles. The Balaban J connectivity index is 1.79. The minimum absolute atomic E-state index is 0.118. The quantitative estimate of drug-likeness (QED) is 0.846. The Hall–Kier alpha value is -2.24. The van der Waals surface area contributed by atoms with Crippen LogP contribution in [0.1, 0.15) is 12.0 Å². The van der Waals surface area contributed by atoms with Gasteiger partial charge < -0.3 is 19.3 Å². The molecule has 0 saturated carbocycles. The van der Waals surface area contributed by atoms with Crippen LogP contribution in [0.15, 0.2) is 24.3 Å². The van der Waals surface area contributed by atoms with Crippen LogP contribution < -0.4 is 4.74 Å². The van der Waals surface area contributed by atoms with Gasteiger partial charge in [-0.3, -0.25) is 4.79 Å². The van der Waals surface area contributed by atoms with E-state index in [2.05, 4.69) is 4.74 Å². The molecule has 2 amide bonds. The fourth-order valence-corrected chi connectivity index (χ4v) is 2.50. The summed E-state index contributed by atoms with van der Waals surface area (Å²) in [6.07, 6.45) is 0.821. The van der Waals surface area contributed by atoms with E-state index in [0.717, 1.165) is 11.3 Å². The molecule has 0 aliphatic carbocycles. The Labute approximate surface area is 130 Å². The number of methoxy groups -OCH3 is 2. The summed E-state index contributed by atoms with van der Waals surface area (Å²) >= 11 is 0. The zero-order valence-corrected chi connectivity index (χ0v) is 13.1. The van der Waals surface area contributed by atoms with Crippen LogP contribution >= 0.6 is 0 Å². The summed E-state index contributed by atoms with van der Waals surface area (Å²) in [4.78, 5) is 27.1. The van der Waals surface area contributed by atoms with Crippen LogP contribution in [0.2, 0.25) is 0 Å². The number of piperazine rings is 1. The van der Waals surface area contributed by atoms with E-state index in [9.17, 15) is 9.59 Å². The highest BCUT2D eigenvalue weighted by Crippen LogP contribution is 2.15. The molecule has 0 unspecified atom stereocenters. The van der Waals surface area contributed by atoms with Crippen molar-refractivity contribution in [2.24, 2.45) is 0 Å². The monoisotopic (exact) mass is 306 g/mol. The highest BCUT2D eigenvalue weighted by Gasteiger charge is 2.24. The first kappa shape index (κ1) is 16.1. The Morgan fingerprint density at radius 2 is 1.77 bits per heavy atom. The molecule has 22 heavy (non-hydrogen) atoms. The average Bonchev–Trinajstić information content (AvgIpc) is 2.59. The van der Waals surface area contributed by atoms with Crippen molar-refractivity contribution in [3.63, 3.8) is 0 Å². The lowest BCUT2D eigenvalue weighted by atomic mass is 10.1. The van der Waals surface area contributed by atoms with E-state index in [1.54, 1.807) is 16.9 Å². The summed E-state index contributed by atoms with van der Waals surface area (Å²) in [5.74, 6) is 0.920. The number of nitrogens with zero attached hydrogens (tertiary/aromatic N) is 2. The van der Waals surface area contributed by atoms with Crippen LogP contribution in [0.3, 0.4) is 0 Å². The predicted octanol–water partition coefficient (Wildman–Crippen LogP) is 1.54. The van der Waals surface area contributed by atoms with Gasteiger partial charge in [0.25, 0.3) is 0 Å². The highest BCUT2D eigenvalue weighted by molar-refractivity contribution is 5.77. The minimum atomic E-state index is -0.330. The van der Waals surface area contributed by atoms with Gasteiger partial charge in [0.05, 0.1) is 14.2 Å². The van der Waals surface area contributed by atoms with Crippen molar-refractivity contribution in [3.05, 3.63) is 29.8 Å². The molecule has 2 rings (SSSR count). The molecule has 0 spiro atoms. The average molecular weight is 306 g/mol. The molecular weight excluding hydrogens is 284 g/mol. The molecule has 0 aromatic heterocycles. The molecule has 120 valence electrons. The molecule has 6 nitrogen and oxygen atoms in total. The van der Waals surface area contributed by atoms with E-state index >= 15 is 0 Å². The van der Waals surface area contributed by atoms with Crippen LogP contribution in [0.5, 0.6) is 5.75 Å². The standard InChI is InChI=1S/C16H22N2O4/c1-21-14-5-3-4-13(12-14)6-7-15(19)17-8-10-18(11-9-17)16(20)22-2/h3-5,12H,6-11H2,1-2H3. The third kappa shape index (κ3) is 4.13. The number of amides is 2. The Morgan fingerprint density at radius 3 is 2.41 bits per heavy atom. The van der Waals surface area contributed by atoms with E-state index in [0.29, 0.717) is 39.0 Å². The summed E-state index contributed by atoms with van der Waals surface area (Å²) < 4.78 is 9.86. The molecular formula is C16H22N2O4. The Morgan fingerprint density at radius 1 is 1.09 bits per heavy atom. The Kier molecular flexibility index (Phi) is 5.63. The molecule has 0 atom stereocenters. The van der Waals surface area contributed by atoms with Gasteiger partial charge in [0, 0.05) is 32.6 Å². The van der Waals surface area contributed by atoms with Gasteiger partial charge in [0.2, 0.25) is 5.91 Å². The van der Waals surface area contributed by atoms with Crippen molar-refractivity contribution < 1.29 is 19.1 Å². The number of hydrogen-bond acceptors (Lipinski definition) is 4. The number of hydrogen-bond donors (Lipinski definition) is 0. The third-order valence-electron chi connectivity index (χ3n) is 3.83. The maximum atomic E-state index is 12.2. The lowest BCUT2D eigenvalue weighted by Crippen LogP contribution is -2.50. The van der Waals surface area contributed by atoms with Gasteiger partial charge in [-0.2, -0.15) is 0 Å². The first-order valence-corrected chi connectivity index (χ1v) is 7.37. The molecule has 0 bridgehead atoms. The van der Waals surface area contributed by atoms with E-state index in [1.807, 2.05) is 24.3 Å². The second kappa shape index (κ2) is 7.68. The fourth-order valence-electron chi connectivity index (χ4n) is 2.50. The van der Waals surface area contributed by atoms with Gasteiger partial charge in [-0.05, 0) is 24.1 Å². The van der Waals surface area contributed by atoms with Crippen molar-refractivity contribution in [1.82, 2.24) is 9.80 Å². The molecule has 0 radical (unpaired) electrons. The summed E-state index contributed by atoms with van der Waals surface area (Å²) in [5.41, 5.74) is 1.08. The maximum absolute atomic E-state index is 12.2. The minimum Gasteiger partial charge on any atom is -0.497 e. The summed E-state index contributed by atoms with van der Waals surface area (Å²) in [6, 6.07) is 7.75. The number of rotatable bonds is 4.